The number of aromatic amines is 1. The van der Waals surface area contributed by atoms with E-state index in [1.54, 1.807) is 13.2 Å². The number of hydrogen-bond acceptors (Lipinski definition) is 4. The first-order valence-corrected chi connectivity index (χ1v) is 7.54. The fourth-order valence-corrected chi connectivity index (χ4v) is 3.49. The highest BCUT2D eigenvalue weighted by Crippen LogP contribution is 2.18. The van der Waals surface area contributed by atoms with Crippen LogP contribution in [0.1, 0.15) is 26.3 Å². The lowest BCUT2D eigenvalue weighted by molar-refractivity contribution is 0.379. The van der Waals surface area contributed by atoms with Gasteiger partial charge in [0.25, 0.3) is 10.0 Å². The molecule has 0 aliphatic heterocycles. The number of nitrogens with zero attached hydrogens (tertiary/aromatic N) is 2. The summed E-state index contributed by atoms with van der Waals surface area (Å²) in [5, 5.41) is 9.56. The van der Waals surface area contributed by atoms with Crippen LogP contribution in [0.5, 0.6) is 0 Å². The lowest BCUT2D eigenvalue weighted by Crippen LogP contribution is -2.35. The molecule has 0 radical (unpaired) electrons. The third-order valence-corrected chi connectivity index (χ3v) is 4.52. The summed E-state index contributed by atoms with van der Waals surface area (Å²) in [6, 6.07) is 0. The van der Waals surface area contributed by atoms with Gasteiger partial charge in [-0.1, -0.05) is 20.8 Å². The molecule has 0 saturated heterocycles. The topological polar surface area (TPSA) is 78.1 Å². The van der Waals surface area contributed by atoms with Crippen molar-refractivity contribution in [2.24, 2.45) is 5.92 Å². The second-order valence-corrected chi connectivity index (χ2v) is 6.48. The molecule has 0 aliphatic carbocycles. The second-order valence-electron chi connectivity index (χ2n) is 4.60. The van der Waals surface area contributed by atoms with E-state index in [0.29, 0.717) is 25.2 Å². The first-order chi connectivity index (χ1) is 8.43. The molecule has 18 heavy (non-hydrogen) atoms. The van der Waals surface area contributed by atoms with Crippen molar-refractivity contribution in [2.75, 3.05) is 20.1 Å². The van der Waals surface area contributed by atoms with E-state index in [1.165, 1.54) is 4.31 Å². The summed E-state index contributed by atoms with van der Waals surface area (Å²) in [5.41, 5.74) is 0.666. The zero-order valence-corrected chi connectivity index (χ0v) is 12.2. The summed E-state index contributed by atoms with van der Waals surface area (Å²) >= 11 is 0. The molecule has 0 unspecified atom stereocenters. The Morgan fingerprint density at radius 1 is 1.50 bits per heavy atom. The molecule has 7 heteroatoms. The van der Waals surface area contributed by atoms with Gasteiger partial charge in [0.05, 0.1) is 6.20 Å². The average Bonchev–Trinajstić information content (AvgIpc) is 2.74. The van der Waals surface area contributed by atoms with E-state index in [9.17, 15) is 8.42 Å². The molecule has 0 aromatic carbocycles. The van der Waals surface area contributed by atoms with Gasteiger partial charge in [-0.15, -0.1) is 0 Å². The van der Waals surface area contributed by atoms with Crippen LogP contribution in [-0.4, -0.2) is 43.1 Å². The van der Waals surface area contributed by atoms with E-state index in [4.69, 9.17) is 0 Å². The average molecular weight is 274 g/mol. The molecule has 1 aromatic heterocycles. The fraction of sp³-hybridized carbons (Fsp3) is 0.727. The predicted octanol–water partition coefficient (Wildman–Crippen LogP) is 0.796. The van der Waals surface area contributed by atoms with Crippen LogP contribution in [0.4, 0.5) is 0 Å². The van der Waals surface area contributed by atoms with Gasteiger partial charge in [0.2, 0.25) is 0 Å². The Hall–Kier alpha value is -0.920. The Balaban J connectivity index is 3.06. The smallest absolute Gasteiger partial charge is 0.260 e. The van der Waals surface area contributed by atoms with Gasteiger partial charge in [-0.3, -0.25) is 5.10 Å². The molecule has 0 aliphatic rings. The van der Waals surface area contributed by atoms with Crippen LogP contribution >= 0.6 is 0 Å². The lowest BCUT2D eigenvalue weighted by Gasteiger charge is -2.22. The van der Waals surface area contributed by atoms with E-state index in [1.807, 2.05) is 20.8 Å². The van der Waals surface area contributed by atoms with E-state index < -0.39 is 10.0 Å². The van der Waals surface area contributed by atoms with Crippen molar-refractivity contribution in [2.45, 2.75) is 32.3 Å². The summed E-state index contributed by atoms with van der Waals surface area (Å²) in [6.45, 7) is 7.28. The minimum atomic E-state index is -3.48. The number of sulfonamides is 1. The van der Waals surface area contributed by atoms with Crippen molar-refractivity contribution in [1.82, 2.24) is 19.8 Å². The van der Waals surface area contributed by atoms with Gasteiger partial charge in [-0.05, 0) is 13.0 Å². The molecule has 0 fully saturated rings. The van der Waals surface area contributed by atoms with Crippen molar-refractivity contribution < 1.29 is 8.42 Å². The lowest BCUT2D eigenvalue weighted by atomic mass is 10.2. The molecule has 1 rings (SSSR count). The molecule has 1 heterocycles. The Morgan fingerprint density at radius 3 is 2.67 bits per heavy atom. The predicted molar refractivity (Wildman–Crippen MR) is 70.6 cm³/mol. The number of H-pyrrole nitrogens is 1. The molecular formula is C11H22N4O2S. The van der Waals surface area contributed by atoms with E-state index >= 15 is 0 Å². The molecule has 0 atom stereocenters. The number of aromatic nitrogens is 2. The van der Waals surface area contributed by atoms with Gasteiger partial charge in [-0.25, -0.2) is 8.42 Å². The maximum atomic E-state index is 12.5. The van der Waals surface area contributed by atoms with Crippen LogP contribution < -0.4 is 5.32 Å². The highest BCUT2D eigenvalue weighted by Gasteiger charge is 2.27. The van der Waals surface area contributed by atoms with E-state index in [0.717, 1.165) is 0 Å². The third-order valence-electron chi connectivity index (χ3n) is 2.56. The Bertz CT molecular complexity index is 467. The van der Waals surface area contributed by atoms with Gasteiger partial charge in [0, 0.05) is 25.2 Å². The summed E-state index contributed by atoms with van der Waals surface area (Å²) in [7, 11) is -1.71. The molecule has 0 saturated carbocycles. The van der Waals surface area contributed by atoms with Crippen LogP contribution in [0.15, 0.2) is 11.2 Å². The molecular weight excluding hydrogens is 252 g/mol. The molecule has 104 valence electrons. The number of hydrogen-bond donors (Lipinski definition) is 2. The Kier molecular flexibility index (Phi) is 5.30. The summed E-state index contributed by atoms with van der Waals surface area (Å²) in [5.74, 6) is 0.287. The first-order valence-electron chi connectivity index (χ1n) is 6.10. The van der Waals surface area contributed by atoms with Crippen molar-refractivity contribution in [3.8, 4) is 0 Å². The van der Waals surface area contributed by atoms with Gasteiger partial charge >= 0.3 is 0 Å². The Morgan fingerprint density at radius 2 is 2.17 bits per heavy atom. The zero-order valence-electron chi connectivity index (χ0n) is 11.4. The maximum absolute atomic E-state index is 12.5. The fourth-order valence-electron chi connectivity index (χ4n) is 1.77. The Labute approximate surface area is 109 Å². The van der Waals surface area contributed by atoms with Crippen LogP contribution in [-0.2, 0) is 16.6 Å². The van der Waals surface area contributed by atoms with Crippen molar-refractivity contribution >= 4 is 10.0 Å². The standard InChI is InChI=1S/C11H22N4O2S/c1-5-15(8-9(2)3)18(16,17)11-10(6-12-4)7-13-14-11/h7,9,12H,5-6,8H2,1-4H3,(H,13,14). The van der Waals surface area contributed by atoms with Crippen LogP contribution in [0, 0.1) is 5.92 Å². The molecule has 2 N–H and O–H groups in total. The molecule has 0 amide bonds. The summed E-state index contributed by atoms with van der Waals surface area (Å²) in [6.07, 6.45) is 1.55. The van der Waals surface area contributed by atoms with Crippen molar-refractivity contribution in [3.05, 3.63) is 11.8 Å². The highest BCUT2D eigenvalue weighted by atomic mass is 32.2. The number of rotatable bonds is 7. The first kappa shape index (κ1) is 15.1. The van der Waals surface area contributed by atoms with Crippen molar-refractivity contribution in [3.63, 3.8) is 0 Å². The molecule has 1 aromatic rings. The summed E-state index contributed by atoms with van der Waals surface area (Å²) < 4.78 is 26.4. The zero-order chi connectivity index (χ0) is 13.8. The van der Waals surface area contributed by atoms with E-state index in [-0.39, 0.29) is 10.9 Å². The quantitative estimate of drug-likeness (QED) is 0.771. The monoisotopic (exact) mass is 274 g/mol. The van der Waals surface area contributed by atoms with Gasteiger partial charge in [-0.2, -0.15) is 9.40 Å². The summed E-state index contributed by atoms with van der Waals surface area (Å²) in [4.78, 5) is 0. The van der Waals surface area contributed by atoms with Crippen molar-refractivity contribution in [1.29, 1.82) is 0 Å². The van der Waals surface area contributed by atoms with Gasteiger partial charge in [0.1, 0.15) is 0 Å². The van der Waals surface area contributed by atoms with Crippen LogP contribution in [0.2, 0.25) is 0 Å². The van der Waals surface area contributed by atoms with Crippen LogP contribution in [0.3, 0.4) is 0 Å². The maximum Gasteiger partial charge on any atom is 0.260 e. The minimum absolute atomic E-state index is 0.194. The van der Waals surface area contributed by atoms with Gasteiger partial charge in [0.15, 0.2) is 5.03 Å². The van der Waals surface area contributed by atoms with E-state index in [2.05, 4.69) is 15.5 Å². The van der Waals surface area contributed by atoms with Crippen LogP contribution in [0.25, 0.3) is 0 Å². The van der Waals surface area contributed by atoms with Gasteiger partial charge < -0.3 is 5.32 Å². The molecule has 6 nitrogen and oxygen atoms in total. The largest absolute Gasteiger partial charge is 0.316 e. The molecule has 0 bridgehead atoms. The molecule has 0 spiro atoms. The minimum Gasteiger partial charge on any atom is -0.316 e. The normalized spacial score (nSPS) is 12.6. The second kappa shape index (κ2) is 6.31. The number of nitrogens with one attached hydrogen (secondary N) is 2. The SMILES string of the molecule is CCN(CC(C)C)S(=O)(=O)c1[nH]ncc1CNC. The third kappa shape index (κ3) is 3.30. The highest BCUT2D eigenvalue weighted by molar-refractivity contribution is 7.89.